The maximum absolute atomic E-state index is 14.1. The number of pyridine rings is 1. The molecule has 2 amide bonds. The van der Waals surface area contributed by atoms with Crippen molar-refractivity contribution in [3.8, 4) is 22.6 Å². The third-order valence-corrected chi connectivity index (χ3v) is 9.10. The molecule has 6 rings (SSSR count). The van der Waals surface area contributed by atoms with Crippen molar-refractivity contribution in [1.82, 2.24) is 20.1 Å². The Kier molecular flexibility index (Phi) is 8.13. The minimum absolute atomic E-state index is 0.0886. The van der Waals surface area contributed by atoms with Gasteiger partial charge in [-0.3, -0.25) is 19.6 Å². The SMILES string of the molecule is COc1ccc(CCC(=O)N2CCC3(CC2)CN(c2ccc(-c4cn[nH]c4)cn2)C(=O)C3Cc2cccc(OC)c2)cc1. The van der Waals surface area contributed by atoms with Crippen molar-refractivity contribution in [2.24, 2.45) is 11.3 Å². The normalized spacial score (nSPS) is 17.8. The smallest absolute Gasteiger partial charge is 0.232 e. The van der Waals surface area contributed by atoms with E-state index in [1.165, 1.54) is 0 Å². The summed E-state index contributed by atoms with van der Waals surface area (Å²) in [6.07, 6.45) is 8.67. The molecule has 1 spiro atoms. The molecule has 2 aliphatic rings. The van der Waals surface area contributed by atoms with Gasteiger partial charge in [-0.2, -0.15) is 5.10 Å². The molecule has 1 unspecified atom stereocenters. The Morgan fingerprint density at radius 3 is 2.42 bits per heavy atom. The number of likely N-dealkylation sites (tertiary alicyclic amines) is 1. The Bertz CT molecular complexity index is 1540. The fraction of sp³-hybridized carbons (Fsp3) is 0.353. The number of carbonyl (C=O) groups excluding carboxylic acids is 2. The zero-order valence-electron chi connectivity index (χ0n) is 24.7. The lowest BCUT2D eigenvalue weighted by Crippen LogP contribution is -2.47. The van der Waals surface area contributed by atoms with Gasteiger partial charge in [-0.1, -0.05) is 24.3 Å². The summed E-state index contributed by atoms with van der Waals surface area (Å²) >= 11 is 0. The van der Waals surface area contributed by atoms with Gasteiger partial charge in [-0.05, 0) is 73.2 Å². The zero-order chi connectivity index (χ0) is 29.8. The van der Waals surface area contributed by atoms with Crippen molar-refractivity contribution in [1.29, 1.82) is 0 Å². The number of benzene rings is 2. The largest absolute Gasteiger partial charge is 0.497 e. The van der Waals surface area contributed by atoms with Crippen LogP contribution in [0.1, 0.15) is 30.4 Å². The van der Waals surface area contributed by atoms with Crippen LogP contribution in [-0.4, -0.2) is 65.7 Å². The van der Waals surface area contributed by atoms with Crippen LogP contribution in [0, 0.1) is 11.3 Å². The van der Waals surface area contributed by atoms with E-state index in [0.29, 0.717) is 44.7 Å². The summed E-state index contributed by atoms with van der Waals surface area (Å²) in [6, 6.07) is 19.7. The highest BCUT2D eigenvalue weighted by atomic mass is 16.5. The molecule has 222 valence electrons. The number of piperidine rings is 1. The molecule has 1 atom stereocenters. The van der Waals surface area contributed by atoms with Crippen LogP contribution in [0.5, 0.6) is 11.5 Å². The van der Waals surface area contributed by atoms with E-state index in [1.807, 2.05) is 70.6 Å². The predicted molar refractivity (Wildman–Crippen MR) is 164 cm³/mol. The molecule has 4 heterocycles. The number of aromatic amines is 1. The molecule has 0 radical (unpaired) electrons. The lowest BCUT2D eigenvalue weighted by atomic mass is 9.68. The highest BCUT2D eigenvalue weighted by Crippen LogP contribution is 2.48. The summed E-state index contributed by atoms with van der Waals surface area (Å²) < 4.78 is 10.7. The van der Waals surface area contributed by atoms with Crippen molar-refractivity contribution in [3.05, 3.63) is 90.4 Å². The number of methoxy groups -OCH3 is 2. The highest BCUT2D eigenvalue weighted by Gasteiger charge is 2.53. The second-order valence-electron chi connectivity index (χ2n) is 11.5. The van der Waals surface area contributed by atoms with E-state index >= 15 is 0 Å². The van der Waals surface area contributed by atoms with Crippen LogP contribution in [0.25, 0.3) is 11.1 Å². The first-order valence-electron chi connectivity index (χ1n) is 14.8. The van der Waals surface area contributed by atoms with Gasteiger partial charge in [0.15, 0.2) is 0 Å². The first-order chi connectivity index (χ1) is 21.0. The number of rotatable bonds is 9. The van der Waals surface area contributed by atoms with E-state index in [2.05, 4.69) is 16.3 Å². The standard InChI is InChI=1S/C34H37N5O4/c1-42-28-10-6-24(7-11-28)8-13-32(40)38-16-14-34(15-17-38)23-39(31-12-9-26(20-35-31)27-21-36-37-22-27)33(41)30(34)19-25-4-3-5-29(18-25)43-2/h3-7,9-12,18,20-22,30H,8,13-17,19,23H2,1-2H3,(H,36,37). The summed E-state index contributed by atoms with van der Waals surface area (Å²) in [5, 5.41) is 6.85. The molecule has 4 aromatic rings. The van der Waals surface area contributed by atoms with Crippen molar-refractivity contribution >= 4 is 17.6 Å². The molecule has 0 aliphatic carbocycles. The number of anilines is 1. The minimum Gasteiger partial charge on any atom is -0.497 e. The Morgan fingerprint density at radius 2 is 1.74 bits per heavy atom. The summed E-state index contributed by atoms with van der Waals surface area (Å²) in [4.78, 5) is 35.9. The van der Waals surface area contributed by atoms with Crippen molar-refractivity contribution in [2.75, 3.05) is 38.8 Å². The molecule has 2 fully saturated rings. The van der Waals surface area contributed by atoms with Gasteiger partial charge < -0.3 is 14.4 Å². The molecule has 0 saturated carbocycles. The molecular formula is C34H37N5O4. The number of amides is 2. The minimum atomic E-state index is -0.252. The molecular weight excluding hydrogens is 542 g/mol. The summed E-state index contributed by atoms with van der Waals surface area (Å²) in [5.74, 6) is 2.28. The molecule has 2 aromatic carbocycles. The summed E-state index contributed by atoms with van der Waals surface area (Å²) in [7, 11) is 3.30. The Balaban J connectivity index is 1.18. The number of carbonyl (C=O) groups is 2. The number of ether oxygens (including phenoxy) is 2. The van der Waals surface area contributed by atoms with Gasteiger partial charge >= 0.3 is 0 Å². The lowest BCUT2D eigenvalue weighted by molar-refractivity contribution is -0.134. The van der Waals surface area contributed by atoms with E-state index in [4.69, 9.17) is 14.5 Å². The number of hydrogen-bond donors (Lipinski definition) is 1. The second kappa shape index (κ2) is 12.3. The number of nitrogens with one attached hydrogen (secondary N) is 1. The van der Waals surface area contributed by atoms with Crippen LogP contribution in [-0.2, 0) is 22.4 Å². The van der Waals surface area contributed by atoms with Gasteiger partial charge in [0, 0.05) is 55.0 Å². The van der Waals surface area contributed by atoms with Gasteiger partial charge in [0.1, 0.15) is 17.3 Å². The summed E-state index contributed by atoms with van der Waals surface area (Å²) in [5.41, 5.74) is 3.82. The van der Waals surface area contributed by atoms with E-state index in [9.17, 15) is 9.59 Å². The number of H-pyrrole nitrogens is 1. The van der Waals surface area contributed by atoms with Crippen LogP contribution < -0.4 is 14.4 Å². The van der Waals surface area contributed by atoms with Crippen LogP contribution >= 0.6 is 0 Å². The first-order valence-corrected chi connectivity index (χ1v) is 14.8. The molecule has 1 N–H and O–H groups in total. The van der Waals surface area contributed by atoms with E-state index < -0.39 is 0 Å². The van der Waals surface area contributed by atoms with Gasteiger partial charge in [0.25, 0.3) is 0 Å². The fourth-order valence-corrected chi connectivity index (χ4v) is 6.52. The zero-order valence-corrected chi connectivity index (χ0v) is 24.7. The predicted octanol–water partition coefficient (Wildman–Crippen LogP) is 4.94. The Labute approximate surface area is 251 Å². The van der Waals surface area contributed by atoms with Gasteiger partial charge in [-0.25, -0.2) is 4.98 Å². The average molecular weight is 580 g/mol. The molecule has 9 nitrogen and oxygen atoms in total. The second-order valence-corrected chi connectivity index (χ2v) is 11.5. The Hall–Kier alpha value is -4.66. The van der Waals surface area contributed by atoms with Crippen LogP contribution in [0.2, 0.25) is 0 Å². The molecule has 43 heavy (non-hydrogen) atoms. The van der Waals surface area contributed by atoms with E-state index in [-0.39, 0.29) is 23.1 Å². The van der Waals surface area contributed by atoms with Crippen molar-refractivity contribution in [2.45, 2.75) is 32.1 Å². The highest BCUT2D eigenvalue weighted by molar-refractivity contribution is 5.98. The van der Waals surface area contributed by atoms with Crippen LogP contribution in [0.4, 0.5) is 5.82 Å². The molecule has 2 aromatic heterocycles. The maximum atomic E-state index is 14.1. The van der Waals surface area contributed by atoms with E-state index in [0.717, 1.165) is 46.6 Å². The van der Waals surface area contributed by atoms with Crippen molar-refractivity contribution in [3.63, 3.8) is 0 Å². The third-order valence-electron chi connectivity index (χ3n) is 9.10. The van der Waals surface area contributed by atoms with Gasteiger partial charge in [-0.15, -0.1) is 0 Å². The quantitative estimate of drug-likeness (QED) is 0.302. The molecule has 9 heteroatoms. The number of aryl methyl sites for hydroxylation is 1. The monoisotopic (exact) mass is 579 g/mol. The Morgan fingerprint density at radius 1 is 0.953 bits per heavy atom. The van der Waals surface area contributed by atoms with E-state index in [1.54, 1.807) is 26.6 Å². The number of aromatic nitrogens is 3. The number of nitrogens with zero attached hydrogens (tertiary/aromatic N) is 4. The summed E-state index contributed by atoms with van der Waals surface area (Å²) in [6.45, 7) is 1.88. The maximum Gasteiger partial charge on any atom is 0.232 e. The molecule has 2 saturated heterocycles. The molecule has 2 aliphatic heterocycles. The van der Waals surface area contributed by atoms with Gasteiger partial charge in [0.05, 0.1) is 26.3 Å². The lowest BCUT2D eigenvalue weighted by Gasteiger charge is -2.42. The molecule has 0 bridgehead atoms. The van der Waals surface area contributed by atoms with Crippen LogP contribution in [0.15, 0.2) is 79.3 Å². The van der Waals surface area contributed by atoms with Crippen molar-refractivity contribution < 1.29 is 19.1 Å². The fourth-order valence-electron chi connectivity index (χ4n) is 6.52. The average Bonchev–Trinajstić information content (AvgIpc) is 3.68. The first kappa shape index (κ1) is 28.5. The topological polar surface area (TPSA) is 101 Å². The third kappa shape index (κ3) is 5.98. The number of hydrogen-bond acceptors (Lipinski definition) is 6. The van der Waals surface area contributed by atoms with Crippen LogP contribution in [0.3, 0.4) is 0 Å². The van der Waals surface area contributed by atoms with Gasteiger partial charge in [0.2, 0.25) is 11.8 Å².